The summed E-state index contributed by atoms with van der Waals surface area (Å²) in [7, 11) is 0. The van der Waals surface area contributed by atoms with Crippen LogP contribution in [0, 0.1) is 5.92 Å². The number of hydrogen-bond donors (Lipinski definition) is 0. The molecule has 0 bridgehead atoms. The molecule has 0 saturated heterocycles. The van der Waals surface area contributed by atoms with Gasteiger partial charge in [-0.1, -0.05) is 24.3 Å². The van der Waals surface area contributed by atoms with E-state index in [-0.39, 0.29) is 12.8 Å². The van der Waals surface area contributed by atoms with Crippen molar-refractivity contribution in [3.05, 3.63) is 35.4 Å². The summed E-state index contributed by atoms with van der Waals surface area (Å²) in [5.41, 5.74) is 1.94. The molecule has 1 aromatic rings. The molecular formula is C11H11F3. The number of rotatable bonds is 0. The first kappa shape index (κ1) is 9.56. The van der Waals surface area contributed by atoms with Gasteiger partial charge in [-0.2, -0.15) is 13.2 Å². The number of benzene rings is 1. The van der Waals surface area contributed by atoms with Crippen molar-refractivity contribution >= 4 is 0 Å². The van der Waals surface area contributed by atoms with Crippen LogP contribution in [0.1, 0.15) is 17.5 Å². The zero-order chi connectivity index (χ0) is 10.2. The Morgan fingerprint density at radius 1 is 1.07 bits per heavy atom. The average molecular weight is 200 g/mol. The summed E-state index contributed by atoms with van der Waals surface area (Å²) in [4.78, 5) is 0. The van der Waals surface area contributed by atoms with Gasteiger partial charge < -0.3 is 0 Å². The predicted octanol–water partition coefficient (Wildman–Crippen LogP) is 3.35. The van der Waals surface area contributed by atoms with E-state index < -0.39 is 12.1 Å². The summed E-state index contributed by atoms with van der Waals surface area (Å²) in [6, 6.07) is 7.40. The van der Waals surface area contributed by atoms with Crippen LogP contribution in [0.3, 0.4) is 0 Å². The molecule has 0 heterocycles. The minimum atomic E-state index is -4.03. The van der Waals surface area contributed by atoms with Crippen LogP contribution in [-0.4, -0.2) is 6.18 Å². The van der Waals surface area contributed by atoms with Crippen molar-refractivity contribution in [3.63, 3.8) is 0 Å². The highest BCUT2D eigenvalue weighted by Crippen LogP contribution is 2.36. The monoisotopic (exact) mass is 200 g/mol. The van der Waals surface area contributed by atoms with Crippen molar-refractivity contribution in [3.8, 4) is 0 Å². The summed E-state index contributed by atoms with van der Waals surface area (Å²) in [5, 5.41) is 0. The van der Waals surface area contributed by atoms with Crippen molar-refractivity contribution in [2.45, 2.75) is 25.4 Å². The molecule has 1 atom stereocenters. The van der Waals surface area contributed by atoms with E-state index in [0.29, 0.717) is 6.42 Å². The van der Waals surface area contributed by atoms with E-state index in [2.05, 4.69) is 0 Å². The molecule has 3 heteroatoms. The summed E-state index contributed by atoms with van der Waals surface area (Å²) in [6.45, 7) is 0. The number of halogens is 3. The molecule has 0 N–H and O–H groups in total. The van der Waals surface area contributed by atoms with Gasteiger partial charge in [-0.15, -0.1) is 0 Å². The van der Waals surface area contributed by atoms with Crippen molar-refractivity contribution < 1.29 is 13.2 Å². The van der Waals surface area contributed by atoms with Gasteiger partial charge in [-0.05, 0) is 30.4 Å². The minimum absolute atomic E-state index is 0.152. The maximum absolute atomic E-state index is 12.4. The van der Waals surface area contributed by atoms with E-state index in [9.17, 15) is 13.2 Å². The fourth-order valence-electron chi connectivity index (χ4n) is 1.98. The molecule has 1 aromatic carbocycles. The summed E-state index contributed by atoms with van der Waals surface area (Å²) in [5.74, 6) is -1.14. The lowest BCUT2D eigenvalue weighted by Gasteiger charge is -2.26. The Hall–Kier alpha value is -0.990. The normalized spacial score (nSPS) is 21.8. The van der Waals surface area contributed by atoms with Crippen molar-refractivity contribution in [1.82, 2.24) is 0 Å². The first-order valence-electron chi connectivity index (χ1n) is 4.71. The molecule has 14 heavy (non-hydrogen) atoms. The van der Waals surface area contributed by atoms with Gasteiger partial charge in [0.1, 0.15) is 0 Å². The Kier molecular flexibility index (Phi) is 2.25. The first-order chi connectivity index (χ1) is 6.57. The van der Waals surface area contributed by atoms with Gasteiger partial charge in [0.2, 0.25) is 0 Å². The molecule has 1 aliphatic carbocycles. The van der Waals surface area contributed by atoms with Gasteiger partial charge in [0.25, 0.3) is 0 Å². The maximum Gasteiger partial charge on any atom is 0.392 e. The number of fused-ring (bicyclic) bond motifs is 1. The molecule has 2 rings (SSSR count). The smallest absolute Gasteiger partial charge is 0.171 e. The van der Waals surface area contributed by atoms with Gasteiger partial charge in [0.05, 0.1) is 5.92 Å². The number of hydrogen-bond acceptors (Lipinski definition) is 0. The van der Waals surface area contributed by atoms with Crippen LogP contribution in [0.4, 0.5) is 13.2 Å². The fourth-order valence-corrected chi connectivity index (χ4v) is 1.98. The van der Waals surface area contributed by atoms with E-state index in [4.69, 9.17) is 0 Å². The van der Waals surface area contributed by atoms with Crippen LogP contribution in [0.5, 0.6) is 0 Å². The predicted molar refractivity (Wildman–Crippen MR) is 48.0 cm³/mol. The quantitative estimate of drug-likeness (QED) is 0.602. The lowest BCUT2D eigenvalue weighted by Crippen LogP contribution is -2.28. The topological polar surface area (TPSA) is 0 Å². The molecule has 0 amide bonds. The highest BCUT2D eigenvalue weighted by molar-refractivity contribution is 5.29. The zero-order valence-corrected chi connectivity index (χ0v) is 7.64. The highest BCUT2D eigenvalue weighted by atomic mass is 19.4. The zero-order valence-electron chi connectivity index (χ0n) is 7.64. The van der Waals surface area contributed by atoms with Crippen molar-refractivity contribution in [2.75, 3.05) is 0 Å². The van der Waals surface area contributed by atoms with Crippen LogP contribution in [-0.2, 0) is 12.8 Å². The molecule has 0 nitrogen and oxygen atoms in total. The van der Waals surface area contributed by atoms with E-state index in [1.165, 1.54) is 0 Å². The molecule has 76 valence electrons. The largest absolute Gasteiger partial charge is 0.392 e. The van der Waals surface area contributed by atoms with E-state index >= 15 is 0 Å². The van der Waals surface area contributed by atoms with E-state index in [0.717, 1.165) is 11.1 Å². The second-order valence-corrected chi connectivity index (χ2v) is 3.75. The molecule has 0 aliphatic heterocycles. The number of alkyl halides is 3. The maximum atomic E-state index is 12.4. The van der Waals surface area contributed by atoms with Crippen LogP contribution in [0.25, 0.3) is 0 Å². The fraction of sp³-hybridized carbons (Fsp3) is 0.455. The molecule has 0 radical (unpaired) electrons. The molecule has 0 saturated carbocycles. The van der Waals surface area contributed by atoms with Crippen LogP contribution in [0.15, 0.2) is 24.3 Å². The van der Waals surface area contributed by atoms with Crippen LogP contribution in [0.2, 0.25) is 0 Å². The van der Waals surface area contributed by atoms with Gasteiger partial charge in [-0.3, -0.25) is 0 Å². The molecule has 1 unspecified atom stereocenters. The Balaban J connectivity index is 2.22. The van der Waals surface area contributed by atoms with Gasteiger partial charge in [0.15, 0.2) is 0 Å². The average Bonchev–Trinajstić information content (AvgIpc) is 2.16. The lowest BCUT2D eigenvalue weighted by atomic mass is 9.84. The van der Waals surface area contributed by atoms with Crippen molar-refractivity contribution in [1.29, 1.82) is 0 Å². The Labute approximate surface area is 80.7 Å². The van der Waals surface area contributed by atoms with Crippen molar-refractivity contribution in [2.24, 2.45) is 5.92 Å². The SMILES string of the molecule is FC(F)(F)C1CCc2ccccc2C1. The molecular weight excluding hydrogens is 189 g/mol. The summed E-state index contributed by atoms with van der Waals surface area (Å²) >= 11 is 0. The third kappa shape index (κ3) is 1.76. The Morgan fingerprint density at radius 2 is 1.71 bits per heavy atom. The van der Waals surface area contributed by atoms with Crippen LogP contribution < -0.4 is 0 Å². The first-order valence-corrected chi connectivity index (χ1v) is 4.71. The summed E-state index contributed by atoms with van der Waals surface area (Å²) in [6.07, 6.45) is -3.09. The second-order valence-electron chi connectivity index (χ2n) is 3.75. The Bertz CT molecular complexity index is 328. The second kappa shape index (κ2) is 3.30. The lowest BCUT2D eigenvalue weighted by molar-refractivity contribution is -0.177. The third-order valence-corrected chi connectivity index (χ3v) is 2.81. The summed E-state index contributed by atoms with van der Waals surface area (Å²) < 4.78 is 37.3. The molecule has 1 aliphatic rings. The third-order valence-electron chi connectivity index (χ3n) is 2.81. The number of aryl methyl sites for hydroxylation is 1. The van der Waals surface area contributed by atoms with Crippen LogP contribution >= 0.6 is 0 Å². The molecule has 0 fully saturated rings. The Morgan fingerprint density at radius 3 is 2.36 bits per heavy atom. The molecule has 0 aromatic heterocycles. The highest BCUT2D eigenvalue weighted by Gasteiger charge is 2.40. The van der Waals surface area contributed by atoms with Gasteiger partial charge >= 0.3 is 6.18 Å². The minimum Gasteiger partial charge on any atom is -0.171 e. The van der Waals surface area contributed by atoms with E-state index in [1.807, 2.05) is 12.1 Å². The van der Waals surface area contributed by atoms with Gasteiger partial charge in [0, 0.05) is 0 Å². The van der Waals surface area contributed by atoms with Gasteiger partial charge in [-0.25, -0.2) is 0 Å². The molecule has 0 spiro atoms. The van der Waals surface area contributed by atoms with E-state index in [1.54, 1.807) is 12.1 Å². The standard InChI is InChI=1S/C11H11F3/c12-11(13,14)10-6-5-8-3-1-2-4-9(8)7-10/h1-4,10H,5-7H2.